The van der Waals surface area contributed by atoms with Gasteiger partial charge in [-0.1, -0.05) is 20.8 Å². The molecule has 0 aliphatic heterocycles. The second-order valence-corrected chi connectivity index (χ2v) is 6.43. The molecule has 1 aromatic rings. The molecule has 1 atom stereocenters. The van der Waals surface area contributed by atoms with Crippen molar-refractivity contribution in [1.29, 1.82) is 0 Å². The molecule has 0 amide bonds. The highest BCUT2D eigenvalue weighted by Gasteiger charge is 2.13. The topological polar surface area (TPSA) is 41.1 Å². The number of aromatic nitrogens is 2. The van der Waals surface area contributed by atoms with Crippen LogP contribution < -0.4 is 10.2 Å². The van der Waals surface area contributed by atoms with E-state index in [1.807, 2.05) is 19.0 Å². The number of hydrogen-bond donors (Lipinski definition) is 1. The Kier molecular flexibility index (Phi) is 6.40. The van der Waals surface area contributed by atoms with E-state index in [0.29, 0.717) is 11.8 Å². The molecule has 0 saturated carbocycles. The Balaban J connectivity index is 2.68. The summed E-state index contributed by atoms with van der Waals surface area (Å²) >= 11 is 0. The molecule has 0 radical (unpaired) electrons. The first-order valence-corrected chi connectivity index (χ1v) is 7.53. The van der Waals surface area contributed by atoms with Gasteiger partial charge in [-0.3, -0.25) is 0 Å². The van der Waals surface area contributed by atoms with Crippen LogP contribution in [-0.4, -0.2) is 37.2 Å². The lowest BCUT2D eigenvalue weighted by molar-refractivity contribution is 0.471. The van der Waals surface area contributed by atoms with E-state index in [2.05, 4.69) is 49.9 Å². The maximum absolute atomic E-state index is 4.59. The van der Waals surface area contributed by atoms with Crippen LogP contribution in [0.15, 0.2) is 0 Å². The summed E-state index contributed by atoms with van der Waals surface area (Å²) in [5.41, 5.74) is 3.52. The summed E-state index contributed by atoms with van der Waals surface area (Å²) in [4.78, 5) is 11.1. The number of anilines is 1. The number of aryl methyl sites for hydroxylation is 2. The molecule has 0 fully saturated rings. The smallest absolute Gasteiger partial charge is 0.225 e. The van der Waals surface area contributed by atoms with Crippen LogP contribution in [0.2, 0.25) is 0 Å². The van der Waals surface area contributed by atoms with Gasteiger partial charge in [-0.2, -0.15) is 0 Å². The van der Waals surface area contributed by atoms with E-state index in [9.17, 15) is 0 Å². The van der Waals surface area contributed by atoms with Gasteiger partial charge < -0.3 is 10.2 Å². The molecule has 20 heavy (non-hydrogen) atoms. The first kappa shape index (κ1) is 16.9. The number of hydrogen-bond acceptors (Lipinski definition) is 4. The number of nitrogens with zero attached hydrogens (tertiary/aromatic N) is 3. The summed E-state index contributed by atoms with van der Waals surface area (Å²) in [6.45, 7) is 13.1. The molecule has 0 saturated heterocycles. The molecule has 0 aromatic carbocycles. The van der Waals surface area contributed by atoms with Gasteiger partial charge in [0.05, 0.1) is 0 Å². The summed E-state index contributed by atoms with van der Waals surface area (Å²) in [5, 5.41) is 3.52. The van der Waals surface area contributed by atoms with Gasteiger partial charge in [0.25, 0.3) is 0 Å². The molecule has 0 aliphatic carbocycles. The fourth-order valence-electron chi connectivity index (χ4n) is 2.26. The van der Waals surface area contributed by atoms with Gasteiger partial charge in [0.1, 0.15) is 0 Å². The molecule has 1 heterocycles. The summed E-state index contributed by atoms with van der Waals surface area (Å²) < 4.78 is 0. The Hall–Kier alpha value is -1.16. The Morgan fingerprint density at radius 3 is 2.00 bits per heavy atom. The van der Waals surface area contributed by atoms with Crippen molar-refractivity contribution in [1.82, 2.24) is 15.3 Å². The number of nitrogens with one attached hydrogen (secondary N) is 1. The zero-order valence-corrected chi connectivity index (χ0v) is 14.1. The van der Waals surface area contributed by atoms with Crippen LogP contribution in [-0.2, 0) is 6.42 Å². The van der Waals surface area contributed by atoms with Crippen LogP contribution in [0.3, 0.4) is 0 Å². The highest BCUT2D eigenvalue weighted by molar-refractivity contribution is 5.35. The van der Waals surface area contributed by atoms with E-state index in [4.69, 9.17) is 0 Å². The fourth-order valence-corrected chi connectivity index (χ4v) is 2.26. The minimum absolute atomic E-state index is 0.597. The molecular weight excluding hydrogens is 248 g/mol. The van der Waals surface area contributed by atoms with Gasteiger partial charge in [-0.25, -0.2) is 9.97 Å². The minimum atomic E-state index is 0.597. The first-order valence-electron chi connectivity index (χ1n) is 7.53. The zero-order valence-electron chi connectivity index (χ0n) is 14.1. The molecular formula is C16H30N4. The largest absolute Gasteiger partial charge is 0.347 e. The lowest BCUT2D eigenvalue weighted by atomic mass is 9.98. The zero-order chi connectivity index (χ0) is 15.3. The van der Waals surface area contributed by atoms with Crippen molar-refractivity contribution in [2.75, 3.05) is 32.1 Å². The molecule has 4 nitrogen and oxygen atoms in total. The predicted octanol–water partition coefficient (Wildman–Crippen LogP) is 2.58. The van der Waals surface area contributed by atoms with Gasteiger partial charge in [-0.15, -0.1) is 0 Å². The SMILES string of the molecule is Cc1nc(N(C)C)nc(C)c1CC(C)CNCC(C)C. The predicted molar refractivity (Wildman–Crippen MR) is 86.4 cm³/mol. The van der Waals surface area contributed by atoms with E-state index in [1.165, 1.54) is 5.56 Å². The van der Waals surface area contributed by atoms with Gasteiger partial charge in [-0.05, 0) is 50.8 Å². The van der Waals surface area contributed by atoms with Crippen molar-refractivity contribution in [3.05, 3.63) is 17.0 Å². The number of rotatable bonds is 7. The third-order valence-electron chi connectivity index (χ3n) is 3.41. The molecule has 1 aromatic heterocycles. The van der Waals surface area contributed by atoms with Crippen molar-refractivity contribution < 1.29 is 0 Å². The standard InChI is InChI=1S/C16H30N4/c1-11(2)9-17-10-12(3)8-15-13(4)18-16(20(6)7)19-14(15)5/h11-12,17H,8-10H2,1-7H3. The Morgan fingerprint density at radius 1 is 1.00 bits per heavy atom. The quantitative estimate of drug-likeness (QED) is 0.832. The molecule has 1 rings (SSSR count). The van der Waals surface area contributed by atoms with Crippen molar-refractivity contribution in [2.45, 2.75) is 41.0 Å². The van der Waals surface area contributed by atoms with Gasteiger partial charge in [0, 0.05) is 25.5 Å². The average molecular weight is 278 g/mol. The van der Waals surface area contributed by atoms with Crippen LogP contribution in [0.5, 0.6) is 0 Å². The molecule has 114 valence electrons. The molecule has 0 bridgehead atoms. The lowest BCUT2D eigenvalue weighted by Crippen LogP contribution is -2.26. The minimum Gasteiger partial charge on any atom is -0.347 e. The summed E-state index contributed by atoms with van der Waals surface area (Å²) in [6, 6.07) is 0. The van der Waals surface area contributed by atoms with Crippen LogP contribution in [0, 0.1) is 25.7 Å². The summed E-state index contributed by atoms with van der Waals surface area (Å²) in [6.07, 6.45) is 1.04. The Morgan fingerprint density at radius 2 is 1.55 bits per heavy atom. The first-order chi connectivity index (χ1) is 9.31. The Bertz CT molecular complexity index is 403. The van der Waals surface area contributed by atoms with Crippen LogP contribution in [0.1, 0.15) is 37.7 Å². The third kappa shape index (κ3) is 5.08. The highest BCUT2D eigenvalue weighted by Crippen LogP contribution is 2.17. The second kappa shape index (κ2) is 7.58. The fraction of sp³-hybridized carbons (Fsp3) is 0.750. The average Bonchev–Trinajstić information content (AvgIpc) is 2.32. The lowest BCUT2D eigenvalue weighted by Gasteiger charge is -2.18. The molecule has 4 heteroatoms. The molecule has 1 unspecified atom stereocenters. The van der Waals surface area contributed by atoms with Gasteiger partial charge in [0.15, 0.2) is 0 Å². The van der Waals surface area contributed by atoms with Crippen molar-refractivity contribution >= 4 is 5.95 Å². The summed E-state index contributed by atoms with van der Waals surface area (Å²) in [5.74, 6) is 2.10. The van der Waals surface area contributed by atoms with Crippen LogP contribution in [0.4, 0.5) is 5.95 Å². The maximum atomic E-state index is 4.59. The summed E-state index contributed by atoms with van der Waals surface area (Å²) in [7, 11) is 3.96. The molecule has 0 aliphatic rings. The van der Waals surface area contributed by atoms with E-state index in [-0.39, 0.29) is 0 Å². The third-order valence-corrected chi connectivity index (χ3v) is 3.41. The second-order valence-electron chi connectivity index (χ2n) is 6.43. The van der Waals surface area contributed by atoms with E-state index in [1.54, 1.807) is 0 Å². The van der Waals surface area contributed by atoms with E-state index < -0.39 is 0 Å². The van der Waals surface area contributed by atoms with Gasteiger partial charge in [0.2, 0.25) is 5.95 Å². The van der Waals surface area contributed by atoms with Crippen molar-refractivity contribution in [2.24, 2.45) is 11.8 Å². The van der Waals surface area contributed by atoms with Crippen LogP contribution in [0.25, 0.3) is 0 Å². The van der Waals surface area contributed by atoms with Crippen LogP contribution >= 0.6 is 0 Å². The molecule has 0 spiro atoms. The van der Waals surface area contributed by atoms with Gasteiger partial charge >= 0.3 is 0 Å². The Labute approximate surface area is 124 Å². The van der Waals surface area contributed by atoms with Crippen molar-refractivity contribution in [3.8, 4) is 0 Å². The van der Waals surface area contributed by atoms with Crippen molar-refractivity contribution in [3.63, 3.8) is 0 Å². The molecule has 1 N–H and O–H groups in total. The van der Waals surface area contributed by atoms with E-state index in [0.717, 1.165) is 36.8 Å². The van der Waals surface area contributed by atoms with E-state index >= 15 is 0 Å². The normalized spacial score (nSPS) is 12.8. The highest BCUT2D eigenvalue weighted by atomic mass is 15.2. The monoisotopic (exact) mass is 278 g/mol. The maximum Gasteiger partial charge on any atom is 0.225 e.